The Kier molecular flexibility index (Phi) is 4.05. The molecule has 0 spiro atoms. The van der Waals surface area contributed by atoms with Crippen LogP contribution in [0.25, 0.3) is 0 Å². The van der Waals surface area contributed by atoms with Crippen LogP contribution in [-0.4, -0.2) is 11.3 Å². The van der Waals surface area contributed by atoms with Crippen molar-refractivity contribution in [3.63, 3.8) is 0 Å². The lowest BCUT2D eigenvalue weighted by molar-refractivity contribution is 0.112. The van der Waals surface area contributed by atoms with E-state index in [4.69, 9.17) is 23.2 Å². The third kappa shape index (κ3) is 3.00. The van der Waals surface area contributed by atoms with E-state index in [0.29, 0.717) is 20.6 Å². The highest BCUT2D eigenvalue weighted by Gasteiger charge is 2.06. The number of carbonyl (C=O) groups is 1. The molecule has 0 N–H and O–H groups in total. The van der Waals surface area contributed by atoms with Crippen LogP contribution in [0.5, 0.6) is 0 Å². The Bertz CT molecular complexity index is 560. The fraction of sp³-hybridized carbons (Fsp3) is 0. The maximum Gasteiger partial charge on any atom is 0.151 e. The van der Waals surface area contributed by atoms with E-state index in [0.717, 1.165) is 11.2 Å². The zero-order valence-electron chi connectivity index (χ0n) is 8.56. The summed E-state index contributed by atoms with van der Waals surface area (Å²) >= 11 is 13.3. The van der Waals surface area contributed by atoms with Gasteiger partial charge in [-0.2, -0.15) is 0 Å². The topological polar surface area (TPSA) is 30.0 Å². The Morgan fingerprint density at radius 2 is 2.00 bits per heavy atom. The highest BCUT2D eigenvalue weighted by molar-refractivity contribution is 7.99. The van der Waals surface area contributed by atoms with Crippen molar-refractivity contribution in [2.24, 2.45) is 0 Å². The number of aromatic nitrogens is 1. The van der Waals surface area contributed by atoms with Crippen LogP contribution in [0, 0.1) is 0 Å². The second kappa shape index (κ2) is 5.54. The minimum atomic E-state index is 0.428. The molecule has 0 amide bonds. The number of benzene rings is 1. The van der Waals surface area contributed by atoms with Gasteiger partial charge in [-0.15, -0.1) is 0 Å². The molecule has 0 unspecified atom stereocenters. The average molecular weight is 284 g/mol. The van der Waals surface area contributed by atoms with Crippen LogP contribution in [-0.2, 0) is 0 Å². The van der Waals surface area contributed by atoms with Crippen molar-refractivity contribution >= 4 is 41.2 Å². The first kappa shape index (κ1) is 12.4. The van der Waals surface area contributed by atoms with E-state index in [2.05, 4.69) is 4.98 Å². The molecule has 86 valence electrons. The molecular formula is C12H7Cl2NOS. The van der Waals surface area contributed by atoms with E-state index in [-0.39, 0.29) is 0 Å². The van der Waals surface area contributed by atoms with Crippen LogP contribution in [0.4, 0.5) is 0 Å². The predicted octanol–water partition coefficient (Wildman–Crippen LogP) is 4.35. The molecule has 17 heavy (non-hydrogen) atoms. The summed E-state index contributed by atoms with van der Waals surface area (Å²) in [6.07, 6.45) is 2.40. The van der Waals surface area contributed by atoms with Gasteiger partial charge >= 0.3 is 0 Å². The van der Waals surface area contributed by atoms with Crippen molar-refractivity contribution in [1.29, 1.82) is 0 Å². The first-order valence-electron chi connectivity index (χ1n) is 4.74. The Morgan fingerprint density at radius 1 is 1.18 bits per heavy atom. The normalized spacial score (nSPS) is 10.2. The van der Waals surface area contributed by atoms with Crippen LogP contribution in [0.2, 0.25) is 10.0 Å². The minimum absolute atomic E-state index is 0.428. The zero-order chi connectivity index (χ0) is 12.3. The van der Waals surface area contributed by atoms with Gasteiger partial charge in [0, 0.05) is 16.7 Å². The van der Waals surface area contributed by atoms with Crippen molar-refractivity contribution < 1.29 is 4.79 Å². The molecule has 2 rings (SSSR count). The Morgan fingerprint density at radius 3 is 2.65 bits per heavy atom. The summed E-state index contributed by atoms with van der Waals surface area (Å²) in [5.74, 6) is 0. The molecule has 0 bridgehead atoms. The van der Waals surface area contributed by atoms with Gasteiger partial charge in [0.2, 0.25) is 0 Å². The van der Waals surface area contributed by atoms with Crippen LogP contribution in [0.3, 0.4) is 0 Å². The number of halogens is 2. The molecular weight excluding hydrogens is 277 g/mol. The fourth-order valence-corrected chi connectivity index (χ4v) is 2.57. The zero-order valence-corrected chi connectivity index (χ0v) is 10.9. The summed E-state index contributed by atoms with van der Waals surface area (Å²) in [7, 11) is 0. The van der Waals surface area contributed by atoms with Crippen molar-refractivity contribution in [2.45, 2.75) is 9.92 Å². The van der Waals surface area contributed by atoms with Crippen LogP contribution in [0.1, 0.15) is 10.4 Å². The smallest absolute Gasteiger partial charge is 0.151 e. The van der Waals surface area contributed by atoms with Crippen LogP contribution >= 0.6 is 35.0 Å². The molecule has 0 atom stereocenters. The van der Waals surface area contributed by atoms with Gasteiger partial charge in [0.25, 0.3) is 0 Å². The Balaban J connectivity index is 2.28. The number of pyridine rings is 1. The van der Waals surface area contributed by atoms with Crippen molar-refractivity contribution in [3.05, 3.63) is 52.1 Å². The molecule has 1 heterocycles. The number of rotatable bonds is 3. The van der Waals surface area contributed by atoms with Gasteiger partial charge in [-0.25, -0.2) is 4.98 Å². The molecule has 0 saturated heterocycles. The lowest BCUT2D eigenvalue weighted by Gasteiger charge is -2.04. The van der Waals surface area contributed by atoms with Gasteiger partial charge in [0.1, 0.15) is 5.03 Å². The molecule has 0 saturated carbocycles. The van der Waals surface area contributed by atoms with Gasteiger partial charge in [-0.3, -0.25) is 4.79 Å². The Labute approximate surface area is 113 Å². The molecule has 1 aromatic heterocycles. The second-order valence-electron chi connectivity index (χ2n) is 3.19. The summed E-state index contributed by atoms with van der Waals surface area (Å²) in [4.78, 5) is 15.7. The molecule has 0 aliphatic carbocycles. The highest BCUT2D eigenvalue weighted by Crippen LogP contribution is 2.32. The summed E-state index contributed by atoms with van der Waals surface area (Å²) in [6, 6.07) is 8.76. The van der Waals surface area contributed by atoms with Gasteiger partial charge < -0.3 is 0 Å². The number of hydrogen-bond acceptors (Lipinski definition) is 3. The van der Waals surface area contributed by atoms with E-state index in [1.165, 1.54) is 11.8 Å². The summed E-state index contributed by atoms with van der Waals surface area (Å²) < 4.78 is 0. The lowest BCUT2D eigenvalue weighted by Crippen LogP contribution is -1.84. The quantitative estimate of drug-likeness (QED) is 0.785. The van der Waals surface area contributed by atoms with Gasteiger partial charge in [-0.05, 0) is 30.3 Å². The van der Waals surface area contributed by atoms with Crippen LogP contribution < -0.4 is 0 Å². The molecule has 0 aliphatic rings. The summed E-state index contributed by atoms with van der Waals surface area (Å²) in [5, 5.41) is 1.73. The van der Waals surface area contributed by atoms with Crippen LogP contribution in [0.15, 0.2) is 46.5 Å². The van der Waals surface area contributed by atoms with Crippen molar-refractivity contribution in [1.82, 2.24) is 4.98 Å². The number of hydrogen-bond donors (Lipinski definition) is 0. The minimum Gasteiger partial charge on any atom is -0.298 e. The van der Waals surface area contributed by atoms with Gasteiger partial charge in [0.05, 0.1) is 10.0 Å². The maximum absolute atomic E-state index is 10.6. The SMILES string of the molecule is O=Cc1ccc(Sc2ncccc2Cl)cc1Cl. The van der Waals surface area contributed by atoms with E-state index in [1.54, 1.807) is 30.5 Å². The Hall–Kier alpha value is -1.03. The van der Waals surface area contributed by atoms with Gasteiger partial charge in [0.15, 0.2) is 6.29 Å². The van der Waals surface area contributed by atoms with Crippen molar-refractivity contribution in [2.75, 3.05) is 0 Å². The monoisotopic (exact) mass is 283 g/mol. The molecule has 1 aromatic carbocycles. The molecule has 0 radical (unpaired) electrons. The average Bonchev–Trinajstić information content (AvgIpc) is 2.32. The highest BCUT2D eigenvalue weighted by atomic mass is 35.5. The maximum atomic E-state index is 10.6. The predicted molar refractivity (Wildman–Crippen MR) is 70.2 cm³/mol. The number of aldehydes is 1. The largest absolute Gasteiger partial charge is 0.298 e. The molecule has 2 nitrogen and oxygen atoms in total. The van der Waals surface area contributed by atoms with E-state index in [9.17, 15) is 4.79 Å². The second-order valence-corrected chi connectivity index (χ2v) is 5.07. The third-order valence-corrected chi connectivity index (χ3v) is 3.79. The first-order chi connectivity index (χ1) is 8.20. The molecule has 0 fully saturated rings. The standard InChI is InChI=1S/C12H7Cl2NOS/c13-10-2-1-5-15-12(10)17-9-4-3-8(7-16)11(14)6-9/h1-7H. The fourth-order valence-electron chi connectivity index (χ4n) is 1.22. The van der Waals surface area contributed by atoms with E-state index >= 15 is 0 Å². The molecule has 0 aliphatic heterocycles. The van der Waals surface area contributed by atoms with E-state index < -0.39 is 0 Å². The van der Waals surface area contributed by atoms with Crippen molar-refractivity contribution in [3.8, 4) is 0 Å². The van der Waals surface area contributed by atoms with E-state index in [1.807, 2.05) is 6.07 Å². The first-order valence-corrected chi connectivity index (χ1v) is 6.31. The number of nitrogens with zero attached hydrogens (tertiary/aromatic N) is 1. The third-order valence-electron chi connectivity index (χ3n) is 2.04. The molecule has 5 heteroatoms. The summed E-state index contributed by atoms with van der Waals surface area (Å²) in [5.41, 5.74) is 0.475. The number of carbonyl (C=O) groups excluding carboxylic acids is 1. The molecule has 2 aromatic rings. The lowest BCUT2D eigenvalue weighted by atomic mass is 10.2. The summed E-state index contributed by atoms with van der Waals surface area (Å²) in [6.45, 7) is 0. The van der Waals surface area contributed by atoms with Gasteiger partial charge in [-0.1, -0.05) is 35.0 Å².